The molecule has 90 valence electrons. The lowest BCUT2D eigenvalue weighted by Crippen LogP contribution is -1.99. The van der Waals surface area contributed by atoms with E-state index in [1.165, 1.54) is 0 Å². The van der Waals surface area contributed by atoms with Gasteiger partial charge in [-0.05, 0) is 45.1 Å². The summed E-state index contributed by atoms with van der Waals surface area (Å²) in [4.78, 5) is 0.997. The number of hydrogen-bond acceptors (Lipinski definition) is 3. The van der Waals surface area contributed by atoms with Crippen molar-refractivity contribution in [1.82, 2.24) is 0 Å². The molecule has 17 heavy (non-hydrogen) atoms. The molecule has 0 saturated heterocycles. The Labute approximate surface area is 113 Å². The first kappa shape index (κ1) is 12.6. The molecule has 0 saturated carbocycles. The Morgan fingerprint density at radius 3 is 2.82 bits per heavy atom. The Hall–Kier alpha value is -0.840. The molecule has 0 fully saturated rings. The van der Waals surface area contributed by atoms with Crippen LogP contribution in [-0.2, 0) is 6.42 Å². The number of benzene rings is 1. The molecule has 1 aromatic carbocycles. The third-order valence-corrected chi connectivity index (χ3v) is 4.11. The fourth-order valence-electron chi connectivity index (χ4n) is 1.64. The van der Waals surface area contributed by atoms with Gasteiger partial charge in [-0.2, -0.15) is 0 Å². The normalized spacial score (nSPS) is 12.4. The fourth-order valence-corrected chi connectivity index (χ4v) is 2.94. The smallest absolute Gasteiger partial charge is 0.133 e. The molecule has 0 amide bonds. The highest BCUT2D eigenvalue weighted by Crippen LogP contribution is 2.28. The molecule has 1 unspecified atom stereocenters. The van der Waals surface area contributed by atoms with Crippen LogP contribution < -0.4 is 4.74 Å². The van der Waals surface area contributed by atoms with E-state index in [-0.39, 0.29) is 0 Å². The Morgan fingerprint density at radius 2 is 2.24 bits per heavy atom. The molecule has 0 radical (unpaired) electrons. The van der Waals surface area contributed by atoms with Gasteiger partial charge < -0.3 is 9.84 Å². The van der Waals surface area contributed by atoms with E-state index < -0.39 is 6.10 Å². The second kappa shape index (κ2) is 5.67. The molecular formula is C13H13BrO2S. The maximum atomic E-state index is 10.0. The third-order valence-electron chi connectivity index (χ3n) is 2.52. The van der Waals surface area contributed by atoms with Crippen LogP contribution in [-0.4, -0.2) is 12.2 Å². The van der Waals surface area contributed by atoms with Gasteiger partial charge in [-0.25, -0.2) is 0 Å². The lowest BCUT2D eigenvalue weighted by molar-refractivity contribution is 0.182. The first-order chi connectivity index (χ1) is 8.20. The van der Waals surface area contributed by atoms with E-state index in [1.54, 1.807) is 18.4 Å². The molecule has 0 aliphatic heterocycles. The maximum absolute atomic E-state index is 10.0. The van der Waals surface area contributed by atoms with Gasteiger partial charge in [-0.1, -0.05) is 12.1 Å². The van der Waals surface area contributed by atoms with Gasteiger partial charge in [0.05, 0.1) is 17.7 Å². The lowest BCUT2D eigenvalue weighted by Gasteiger charge is -2.10. The maximum Gasteiger partial charge on any atom is 0.133 e. The number of aliphatic hydroxyl groups excluding tert-OH is 1. The van der Waals surface area contributed by atoms with Gasteiger partial charge in [0.1, 0.15) is 5.75 Å². The monoisotopic (exact) mass is 312 g/mol. The molecule has 2 nitrogen and oxygen atoms in total. The first-order valence-electron chi connectivity index (χ1n) is 5.24. The van der Waals surface area contributed by atoms with Crippen molar-refractivity contribution >= 4 is 27.3 Å². The number of halogens is 1. The molecule has 2 aromatic rings. The van der Waals surface area contributed by atoms with Gasteiger partial charge in [-0.3, -0.25) is 0 Å². The van der Waals surface area contributed by atoms with Crippen molar-refractivity contribution < 1.29 is 9.84 Å². The highest BCUT2D eigenvalue weighted by molar-refractivity contribution is 9.10. The van der Waals surface area contributed by atoms with Gasteiger partial charge in [0.15, 0.2) is 0 Å². The minimum Gasteiger partial charge on any atom is -0.496 e. The van der Waals surface area contributed by atoms with E-state index >= 15 is 0 Å². The zero-order chi connectivity index (χ0) is 12.3. The Morgan fingerprint density at radius 1 is 1.41 bits per heavy atom. The van der Waals surface area contributed by atoms with Crippen LogP contribution >= 0.6 is 27.3 Å². The van der Waals surface area contributed by atoms with Gasteiger partial charge in [0.2, 0.25) is 0 Å². The minimum absolute atomic E-state index is 0.435. The summed E-state index contributed by atoms with van der Waals surface area (Å²) in [6.07, 6.45) is 0.179. The second-order valence-corrected chi connectivity index (χ2v) is 5.54. The van der Waals surface area contributed by atoms with Crippen molar-refractivity contribution in [3.63, 3.8) is 0 Å². The van der Waals surface area contributed by atoms with Crippen LogP contribution in [0, 0.1) is 0 Å². The third kappa shape index (κ3) is 3.09. The molecular weight excluding hydrogens is 300 g/mol. The number of methoxy groups -OCH3 is 1. The number of thiophene rings is 1. The molecule has 4 heteroatoms. The summed E-state index contributed by atoms with van der Waals surface area (Å²) < 4.78 is 6.08. The predicted octanol–water partition coefficient (Wildman–Crippen LogP) is 3.80. The Balaban J connectivity index is 2.11. The lowest BCUT2D eigenvalue weighted by atomic mass is 10.1. The summed E-state index contributed by atoms with van der Waals surface area (Å²) in [7, 11) is 1.64. The largest absolute Gasteiger partial charge is 0.496 e. The molecule has 0 bridgehead atoms. The molecule has 0 aliphatic carbocycles. The zero-order valence-electron chi connectivity index (χ0n) is 9.39. The van der Waals surface area contributed by atoms with Crippen LogP contribution in [0.2, 0.25) is 0 Å². The van der Waals surface area contributed by atoms with E-state index in [0.29, 0.717) is 6.42 Å². The van der Waals surface area contributed by atoms with Crippen LogP contribution in [0.5, 0.6) is 5.75 Å². The van der Waals surface area contributed by atoms with E-state index in [9.17, 15) is 5.11 Å². The van der Waals surface area contributed by atoms with Crippen LogP contribution in [0.4, 0.5) is 0 Å². The van der Waals surface area contributed by atoms with E-state index in [0.717, 1.165) is 20.7 Å². The summed E-state index contributed by atoms with van der Waals surface area (Å²) in [6.45, 7) is 0. The van der Waals surface area contributed by atoms with Crippen molar-refractivity contribution in [2.45, 2.75) is 12.5 Å². The summed E-state index contributed by atoms with van der Waals surface area (Å²) >= 11 is 5.02. The summed E-state index contributed by atoms with van der Waals surface area (Å²) in [5, 5.41) is 12.0. The van der Waals surface area contributed by atoms with Crippen molar-refractivity contribution in [2.24, 2.45) is 0 Å². The molecule has 2 rings (SSSR count). The van der Waals surface area contributed by atoms with E-state index in [4.69, 9.17) is 4.74 Å². The van der Waals surface area contributed by atoms with E-state index in [1.807, 2.05) is 35.7 Å². The van der Waals surface area contributed by atoms with Gasteiger partial charge in [0.25, 0.3) is 0 Å². The zero-order valence-corrected chi connectivity index (χ0v) is 11.8. The van der Waals surface area contributed by atoms with Gasteiger partial charge in [0, 0.05) is 11.3 Å². The quantitative estimate of drug-likeness (QED) is 0.930. The topological polar surface area (TPSA) is 29.5 Å². The fraction of sp³-hybridized carbons (Fsp3) is 0.231. The standard InChI is InChI=1S/C13H13BrO2S/c1-16-12-5-4-9(7-10(12)14)8-11(15)13-3-2-6-17-13/h2-7,11,15H,8H2,1H3. The van der Waals surface area contributed by atoms with Crippen molar-refractivity contribution in [1.29, 1.82) is 0 Å². The molecule has 1 atom stereocenters. The number of aliphatic hydroxyl groups is 1. The van der Waals surface area contributed by atoms with Gasteiger partial charge in [-0.15, -0.1) is 11.3 Å². The van der Waals surface area contributed by atoms with Gasteiger partial charge >= 0.3 is 0 Å². The van der Waals surface area contributed by atoms with Crippen molar-refractivity contribution in [3.8, 4) is 5.75 Å². The molecule has 0 spiro atoms. The first-order valence-corrected chi connectivity index (χ1v) is 6.92. The SMILES string of the molecule is COc1ccc(CC(O)c2cccs2)cc1Br. The number of hydrogen-bond donors (Lipinski definition) is 1. The average molecular weight is 313 g/mol. The van der Waals surface area contributed by atoms with E-state index in [2.05, 4.69) is 15.9 Å². The summed E-state index contributed by atoms with van der Waals surface area (Å²) in [5.74, 6) is 0.805. The van der Waals surface area contributed by atoms with Crippen molar-refractivity contribution in [3.05, 3.63) is 50.6 Å². The predicted molar refractivity (Wildman–Crippen MR) is 73.7 cm³/mol. The molecule has 0 aliphatic rings. The van der Waals surface area contributed by atoms with Crippen molar-refractivity contribution in [2.75, 3.05) is 7.11 Å². The van der Waals surface area contributed by atoms with Crippen LogP contribution in [0.25, 0.3) is 0 Å². The highest BCUT2D eigenvalue weighted by Gasteiger charge is 2.10. The minimum atomic E-state index is -0.435. The van der Waals surface area contributed by atoms with Crippen LogP contribution in [0.1, 0.15) is 16.5 Å². The highest BCUT2D eigenvalue weighted by atomic mass is 79.9. The molecule has 1 heterocycles. The molecule has 1 N–H and O–H groups in total. The summed E-state index contributed by atoms with van der Waals surface area (Å²) in [5.41, 5.74) is 1.08. The number of ether oxygens (including phenoxy) is 1. The molecule has 1 aromatic heterocycles. The Bertz CT molecular complexity index is 482. The average Bonchev–Trinajstić information content (AvgIpc) is 2.82. The second-order valence-electron chi connectivity index (χ2n) is 3.70. The number of rotatable bonds is 4. The van der Waals surface area contributed by atoms with Crippen LogP contribution in [0.3, 0.4) is 0 Å². The Kier molecular flexibility index (Phi) is 4.20. The summed E-state index contributed by atoms with van der Waals surface area (Å²) in [6, 6.07) is 9.76. The van der Waals surface area contributed by atoms with Crippen LogP contribution in [0.15, 0.2) is 40.2 Å².